The fourth-order valence-electron chi connectivity index (χ4n) is 3.77. The van der Waals surface area contributed by atoms with Gasteiger partial charge in [-0.15, -0.1) is 0 Å². The lowest BCUT2D eigenvalue weighted by atomic mass is 9.75. The van der Waals surface area contributed by atoms with Crippen molar-refractivity contribution in [3.63, 3.8) is 0 Å². The third kappa shape index (κ3) is 4.02. The summed E-state index contributed by atoms with van der Waals surface area (Å²) < 4.78 is 17.1. The summed E-state index contributed by atoms with van der Waals surface area (Å²) in [5, 5.41) is 9.84. The molecule has 0 saturated carbocycles. The number of fused-ring (bicyclic) bond motifs is 1. The Morgan fingerprint density at radius 1 is 1.29 bits per heavy atom. The van der Waals surface area contributed by atoms with Gasteiger partial charge in [-0.1, -0.05) is 0 Å². The maximum atomic E-state index is 9.84. The average Bonchev–Trinajstić information content (AvgIpc) is 2.95. The van der Waals surface area contributed by atoms with Crippen molar-refractivity contribution in [2.75, 3.05) is 46.1 Å². The molecule has 134 valence electrons. The molecule has 1 aromatic carbocycles. The molecule has 2 aliphatic rings. The third-order valence-corrected chi connectivity index (χ3v) is 5.13. The van der Waals surface area contributed by atoms with Gasteiger partial charge in [0.2, 0.25) is 0 Å². The lowest BCUT2D eigenvalue weighted by Crippen LogP contribution is -2.41. The average molecular weight is 335 g/mol. The number of aliphatic hydroxyl groups is 1. The van der Waals surface area contributed by atoms with Gasteiger partial charge >= 0.3 is 0 Å². The van der Waals surface area contributed by atoms with E-state index in [1.165, 1.54) is 0 Å². The van der Waals surface area contributed by atoms with Gasteiger partial charge in [0.1, 0.15) is 18.1 Å². The summed E-state index contributed by atoms with van der Waals surface area (Å²) in [5.41, 5.74) is 0.0358. The van der Waals surface area contributed by atoms with E-state index in [2.05, 4.69) is 4.90 Å². The highest BCUT2D eigenvalue weighted by molar-refractivity contribution is 5.31. The van der Waals surface area contributed by atoms with Crippen molar-refractivity contribution in [3.05, 3.63) is 24.3 Å². The second-order valence-corrected chi connectivity index (χ2v) is 7.26. The van der Waals surface area contributed by atoms with Gasteiger partial charge in [0.05, 0.1) is 19.3 Å². The van der Waals surface area contributed by atoms with Crippen molar-refractivity contribution in [1.29, 1.82) is 0 Å². The van der Waals surface area contributed by atoms with E-state index in [4.69, 9.17) is 14.2 Å². The molecule has 1 aromatic rings. The zero-order valence-electron chi connectivity index (χ0n) is 14.7. The summed E-state index contributed by atoms with van der Waals surface area (Å²) in [4.78, 5) is 2.39. The van der Waals surface area contributed by atoms with Crippen LogP contribution >= 0.6 is 0 Å². The number of hydrogen-bond acceptors (Lipinski definition) is 5. The van der Waals surface area contributed by atoms with Crippen LogP contribution in [0.2, 0.25) is 0 Å². The van der Waals surface area contributed by atoms with E-state index in [-0.39, 0.29) is 18.1 Å². The van der Waals surface area contributed by atoms with Crippen LogP contribution in [0.15, 0.2) is 24.3 Å². The van der Waals surface area contributed by atoms with Crippen LogP contribution in [0.25, 0.3) is 0 Å². The second-order valence-electron chi connectivity index (χ2n) is 7.26. The highest BCUT2D eigenvalue weighted by atomic mass is 16.5. The van der Waals surface area contributed by atoms with E-state index >= 15 is 0 Å². The number of hydrogen-bond donors (Lipinski definition) is 1. The summed E-state index contributed by atoms with van der Waals surface area (Å²) in [6.45, 7) is 9.30. The second kappa shape index (κ2) is 7.72. The summed E-state index contributed by atoms with van der Waals surface area (Å²) in [7, 11) is 0. The molecule has 2 fully saturated rings. The Kier molecular flexibility index (Phi) is 5.64. The van der Waals surface area contributed by atoms with Gasteiger partial charge < -0.3 is 19.3 Å². The molecule has 0 unspecified atom stereocenters. The first kappa shape index (κ1) is 17.5. The molecule has 2 heterocycles. The van der Waals surface area contributed by atoms with Crippen LogP contribution in [0, 0.1) is 11.3 Å². The summed E-state index contributed by atoms with van der Waals surface area (Å²) in [6, 6.07) is 7.78. The zero-order valence-corrected chi connectivity index (χ0v) is 14.7. The van der Waals surface area contributed by atoms with E-state index in [1.54, 1.807) is 0 Å². The molecule has 0 spiro atoms. The molecule has 0 amide bonds. The van der Waals surface area contributed by atoms with Crippen LogP contribution in [-0.4, -0.2) is 62.2 Å². The summed E-state index contributed by atoms with van der Waals surface area (Å²) in [5.74, 6) is 2.18. The van der Waals surface area contributed by atoms with E-state index in [0.717, 1.165) is 50.8 Å². The first-order valence-electron chi connectivity index (χ1n) is 8.92. The predicted octanol–water partition coefficient (Wildman–Crippen LogP) is 2.18. The standard InChI is InChI=1S/C19H29NO4/c1-15(2)24-18-5-3-17(4-6-18)23-10-8-20-11-16-12-22-9-7-19(16,13-20)14-21/h3-6,15-16,21H,7-14H2,1-2H3/t16-,19-/m1/s1. The monoisotopic (exact) mass is 335 g/mol. The highest BCUT2D eigenvalue weighted by Crippen LogP contribution is 2.41. The van der Waals surface area contributed by atoms with Gasteiger partial charge in [-0.2, -0.15) is 0 Å². The first-order chi connectivity index (χ1) is 11.6. The first-order valence-corrected chi connectivity index (χ1v) is 8.92. The van der Waals surface area contributed by atoms with Gasteiger partial charge in [0.15, 0.2) is 0 Å². The number of nitrogens with zero attached hydrogens (tertiary/aromatic N) is 1. The minimum atomic E-state index is 0.0358. The van der Waals surface area contributed by atoms with Crippen molar-refractivity contribution < 1.29 is 19.3 Å². The largest absolute Gasteiger partial charge is 0.492 e. The normalized spacial score (nSPS) is 27.2. The number of benzene rings is 1. The summed E-state index contributed by atoms with van der Waals surface area (Å²) in [6.07, 6.45) is 1.14. The van der Waals surface area contributed by atoms with E-state index < -0.39 is 0 Å². The molecule has 3 rings (SSSR count). The molecule has 0 radical (unpaired) electrons. The molecule has 0 bridgehead atoms. The van der Waals surface area contributed by atoms with Crippen molar-refractivity contribution in [2.45, 2.75) is 26.4 Å². The number of likely N-dealkylation sites (tertiary alicyclic amines) is 1. The minimum Gasteiger partial charge on any atom is -0.492 e. The molecule has 5 heteroatoms. The number of rotatable bonds is 7. The minimum absolute atomic E-state index is 0.0358. The van der Waals surface area contributed by atoms with Crippen molar-refractivity contribution >= 4 is 0 Å². The Bertz CT molecular complexity index is 519. The van der Waals surface area contributed by atoms with Crippen LogP contribution in [0.3, 0.4) is 0 Å². The van der Waals surface area contributed by atoms with Gasteiger partial charge in [-0.3, -0.25) is 4.90 Å². The molecule has 5 nitrogen and oxygen atoms in total. The van der Waals surface area contributed by atoms with E-state index in [9.17, 15) is 5.11 Å². The molecule has 2 saturated heterocycles. The molecule has 1 N–H and O–H groups in total. The third-order valence-electron chi connectivity index (χ3n) is 5.13. The van der Waals surface area contributed by atoms with Gasteiger partial charge in [0, 0.05) is 37.6 Å². The Hall–Kier alpha value is -1.30. The van der Waals surface area contributed by atoms with Crippen LogP contribution in [0.1, 0.15) is 20.3 Å². The van der Waals surface area contributed by atoms with Gasteiger partial charge in [0.25, 0.3) is 0 Å². The van der Waals surface area contributed by atoms with Crippen molar-refractivity contribution in [2.24, 2.45) is 11.3 Å². The SMILES string of the molecule is CC(C)Oc1ccc(OCCN2C[C@@H]3COCC[C@]3(CO)C2)cc1. The molecule has 2 aliphatic heterocycles. The van der Waals surface area contributed by atoms with Crippen LogP contribution in [-0.2, 0) is 4.74 Å². The van der Waals surface area contributed by atoms with Crippen LogP contribution < -0.4 is 9.47 Å². The Morgan fingerprint density at radius 2 is 2.04 bits per heavy atom. The van der Waals surface area contributed by atoms with Crippen molar-refractivity contribution in [3.8, 4) is 11.5 Å². The lowest BCUT2D eigenvalue weighted by molar-refractivity contribution is -0.0417. The Morgan fingerprint density at radius 3 is 2.71 bits per heavy atom. The molecule has 0 aliphatic carbocycles. The molecule has 2 atom stereocenters. The maximum absolute atomic E-state index is 9.84. The maximum Gasteiger partial charge on any atom is 0.119 e. The number of aliphatic hydroxyl groups excluding tert-OH is 1. The fourth-order valence-corrected chi connectivity index (χ4v) is 3.77. The summed E-state index contributed by atoms with van der Waals surface area (Å²) >= 11 is 0. The highest BCUT2D eigenvalue weighted by Gasteiger charge is 2.47. The molecular weight excluding hydrogens is 306 g/mol. The van der Waals surface area contributed by atoms with Crippen LogP contribution in [0.5, 0.6) is 11.5 Å². The molecule has 0 aromatic heterocycles. The smallest absolute Gasteiger partial charge is 0.119 e. The van der Waals surface area contributed by atoms with E-state index in [1.807, 2.05) is 38.1 Å². The van der Waals surface area contributed by atoms with Crippen LogP contribution in [0.4, 0.5) is 0 Å². The van der Waals surface area contributed by atoms with Gasteiger partial charge in [-0.05, 0) is 44.5 Å². The quantitative estimate of drug-likeness (QED) is 0.828. The fraction of sp³-hybridized carbons (Fsp3) is 0.684. The molecule has 24 heavy (non-hydrogen) atoms. The zero-order chi connectivity index (χ0) is 17.0. The Labute approximate surface area is 144 Å². The molecular formula is C19H29NO4. The van der Waals surface area contributed by atoms with E-state index in [0.29, 0.717) is 12.5 Å². The predicted molar refractivity (Wildman–Crippen MR) is 92.6 cm³/mol. The van der Waals surface area contributed by atoms with Crippen molar-refractivity contribution in [1.82, 2.24) is 4.90 Å². The number of ether oxygens (including phenoxy) is 3. The topological polar surface area (TPSA) is 51.2 Å². The van der Waals surface area contributed by atoms with Gasteiger partial charge in [-0.25, -0.2) is 0 Å². The Balaban J connectivity index is 1.45. The lowest BCUT2D eigenvalue weighted by Gasteiger charge is -2.36.